The third-order valence-corrected chi connectivity index (χ3v) is 3.11. The molecule has 0 aliphatic heterocycles. The van der Waals surface area contributed by atoms with Crippen molar-refractivity contribution in [2.24, 2.45) is 0 Å². The van der Waals surface area contributed by atoms with Gasteiger partial charge < -0.3 is 0 Å². The summed E-state index contributed by atoms with van der Waals surface area (Å²) in [6, 6.07) is 16.3. The summed E-state index contributed by atoms with van der Waals surface area (Å²) in [5.74, 6) is -0.157. The van der Waals surface area contributed by atoms with Gasteiger partial charge in [0.15, 0.2) is 5.69 Å². The Morgan fingerprint density at radius 2 is 1.33 bits per heavy atom. The molecule has 21 heavy (non-hydrogen) atoms. The van der Waals surface area contributed by atoms with Crippen LogP contribution in [0, 0.1) is 6.57 Å². The predicted octanol–water partition coefficient (Wildman–Crippen LogP) is 3.55. The number of nitrogens with zero attached hydrogens (tertiary/aromatic N) is 1. The SMILES string of the molecule is [C-]#[N+]c1ccc(CC(=O)CC(=O)Cc2ccccc2)cc1. The van der Waals surface area contributed by atoms with Crippen molar-refractivity contribution in [2.45, 2.75) is 19.3 Å². The fourth-order valence-electron chi connectivity index (χ4n) is 2.08. The Morgan fingerprint density at radius 1 is 0.810 bits per heavy atom. The highest BCUT2D eigenvalue weighted by atomic mass is 16.1. The first-order valence-corrected chi connectivity index (χ1v) is 6.71. The number of carbonyl (C=O) groups is 2. The number of carbonyl (C=O) groups excluding carboxylic acids is 2. The molecule has 0 spiro atoms. The number of benzene rings is 2. The second-order valence-electron chi connectivity index (χ2n) is 4.87. The standard InChI is InChI=1S/C18H15NO2/c1-19-16-9-7-15(8-10-16)12-18(21)13-17(20)11-14-5-3-2-4-6-14/h2-10H,11-13H2. The third-order valence-electron chi connectivity index (χ3n) is 3.11. The van der Waals surface area contributed by atoms with Crippen LogP contribution in [0.2, 0.25) is 0 Å². The van der Waals surface area contributed by atoms with Crippen molar-refractivity contribution in [2.75, 3.05) is 0 Å². The number of hydrogen-bond acceptors (Lipinski definition) is 2. The van der Waals surface area contributed by atoms with Crippen molar-refractivity contribution in [3.05, 3.63) is 77.1 Å². The van der Waals surface area contributed by atoms with E-state index in [0.29, 0.717) is 12.1 Å². The molecule has 0 aliphatic carbocycles. The van der Waals surface area contributed by atoms with Gasteiger partial charge in [0.25, 0.3) is 0 Å². The Labute approximate surface area is 124 Å². The maximum absolute atomic E-state index is 11.9. The lowest BCUT2D eigenvalue weighted by molar-refractivity contribution is -0.126. The molecule has 0 radical (unpaired) electrons. The van der Waals surface area contributed by atoms with Crippen LogP contribution in [0.15, 0.2) is 54.6 Å². The molecule has 0 atom stereocenters. The molecule has 2 rings (SSSR count). The monoisotopic (exact) mass is 277 g/mol. The zero-order chi connectivity index (χ0) is 15.1. The van der Waals surface area contributed by atoms with E-state index in [1.165, 1.54) is 0 Å². The molecule has 2 aromatic rings. The molecule has 0 saturated heterocycles. The minimum Gasteiger partial charge on any atom is -0.299 e. The molecule has 0 N–H and O–H groups in total. The van der Waals surface area contributed by atoms with Gasteiger partial charge in [0, 0.05) is 12.8 Å². The third kappa shape index (κ3) is 4.70. The smallest absolute Gasteiger partial charge is 0.187 e. The zero-order valence-electron chi connectivity index (χ0n) is 11.6. The molecule has 0 saturated carbocycles. The van der Waals surface area contributed by atoms with Gasteiger partial charge in [0.05, 0.1) is 13.0 Å². The van der Waals surface area contributed by atoms with E-state index in [1.807, 2.05) is 30.3 Å². The highest BCUT2D eigenvalue weighted by Gasteiger charge is 2.11. The van der Waals surface area contributed by atoms with Crippen LogP contribution in [0.1, 0.15) is 17.5 Å². The Balaban J connectivity index is 1.86. The van der Waals surface area contributed by atoms with E-state index in [4.69, 9.17) is 6.57 Å². The van der Waals surface area contributed by atoms with Gasteiger partial charge in [-0.2, -0.15) is 0 Å². The van der Waals surface area contributed by atoms with E-state index in [9.17, 15) is 9.59 Å². The topological polar surface area (TPSA) is 38.5 Å². The van der Waals surface area contributed by atoms with Gasteiger partial charge in [0.2, 0.25) is 0 Å². The van der Waals surface area contributed by atoms with E-state index in [2.05, 4.69) is 4.85 Å². The van der Waals surface area contributed by atoms with Crippen LogP contribution in [0.3, 0.4) is 0 Å². The molecule has 3 nitrogen and oxygen atoms in total. The highest BCUT2D eigenvalue weighted by Crippen LogP contribution is 2.13. The summed E-state index contributed by atoms with van der Waals surface area (Å²) in [5.41, 5.74) is 2.31. The summed E-state index contributed by atoms with van der Waals surface area (Å²) in [4.78, 5) is 27.0. The molecule has 0 fully saturated rings. The molecule has 0 heterocycles. The van der Waals surface area contributed by atoms with Crippen molar-refractivity contribution >= 4 is 17.3 Å². The van der Waals surface area contributed by atoms with Gasteiger partial charge in [-0.05, 0) is 11.1 Å². The van der Waals surface area contributed by atoms with Crippen molar-refractivity contribution < 1.29 is 9.59 Å². The average molecular weight is 277 g/mol. The predicted molar refractivity (Wildman–Crippen MR) is 81.2 cm³/mol. The molecule has 2 aromatic carbocycles. The number of hydrogen-bond donors (Lipinski definition) is 0. The van der Waals surface area contributed by atoms with Crippen LogP contribution in [0.25, 0.3) is 4.85 Å². The molecule has 104 valence electrons. The maximum Gasteiger partial charge on any atom is 0.187 e. The fraction of sp³-hybridized carbons (Fsp3) is 0.167. The average Bonchev–Trinajstić information content (AvgIpc) is 2.48. The van der Waals surface area contributed by atoms with Crippen LogP contribution in [0.5, 0.6) is 0 Å². The summed E-state index contributed by atoms with van der Waals surface area (Å²) in [5, 5.41) is 0. The van der Waals surface area contributed by atoms with E-state index < -0.39 is 0 Å². The minimum atomic E-state index is -0.0912. The first-order valence-electron chi connectivity index (χ1n) is 6.71. The molecule has 0 amide bonds. The van der Waals surface area contributed by atoms with Crippen molar-refractivity contribution in [3.63, 3.8) is 0 Å². The van der Waals surface area contributed by atoms with Crippen LogP contribution in [-0.4, -0.2) is 11.6 Å². The lowest BCUT2D eigenvalue weighted by Gasteiger charge is -2.02. The summed E-state index contributed by atoms with van der Waals surface area (Å²) in [6.45, 7) is 6.87. The Kier molecular flexibility index (Phi) is 5.00. The lowest BCUT2D eigenvalue weighted by Crippen LogP contribution is -2.12. The molecular formula is C18H15NO2. The minimum absolute atomic E-state index is 0.0422. The molecule has 0 aromatic heterocycles. The summed E-state index contributed by atoms with van der Waals surface area (Å²) >= 11 is 0. The zero-order valence-corrected chi connectivity index (χ0v) is 11.6. The molecule has 3 heteroatoms. The van der Waals surface area contributed by atoms with Crippen molar-refractivity contribution in [1.82, 2.24) is 0 Å². The van der Waals surface area contributed by atoms with E-state index in [0.717, 1.165) is 11.1 Å². The van der Waals surface area contributed by atoms with Gasteiger partial charge in [0.1, 0.15) is 11.6 Å². The van der Waals surface area contributed by atoms with Crippen LogP contribution < -0.4 is 0 Å². The fourth-order valence-corrected chi connectivity index (χ4v) is 2.08. The molecule has 0 bridgehead atoms. The van der Waals surface area contributed by atoms with E-state index in [1.54, 1.807) is 24.3 Å². The Morgan fingerprint density at radius 3 is 1.86 bits per heavy atom. The van der Waals surface area contributed by atoms with Crippen LogP contribution in [0.4, 0.5) is 5.69 Å². The maximum atomic E-state index is 11.9. The van der Waals surface area contributed by atoms with Crippen LogP contribution >= 0.6 is 0 Å². The van der Waals surface area contributed by atoms with Crippen LogP contribution in [-0.2, 0) is 22.4 Å². The van der Waals surface area contributed by atoms with Crippen molar-refractivity contribution in [3.8, 4) is 0 Å². The van der Waals surface area contributed by atoms with Gasteiger partial charge in [-0.3, -0.25) is 9.59 Å². The second-order valence-corrected chi connectivity index (χ2v) is 4.87. The Hall–Kier alpha value is -2.73. The first-order chi connectivity index (χ1) is 10.2. The van der Waals surface area contributed by atoms with E-state index in [-0.39, 0.29) is 24.4 Å². The van der Waals surface area contributed by atoms with Gasteiger partial charge in [-0.1, -0.05) is 54.6 Å². The second kappa shape index (κ2) is 7.16. The van der Waals surface area contributed by atoms with Gasteiger partial charge in [-0.25, -0.2) is 4.85 Å². The van der Waals surface area contributed by atoms with E-state index >= 15 is 0 Å². The summed E-state index contributed by atoms with van der Waals surface area (Å²) in [6.07, 6.45) is 0.488. The Bertz CT molecular complexity index is 667. The largest absolute Gasteiger partial charge is 0.299 e. The molecule has 0 aliphatic rings. The molecular weight excluding hydrogens is 262 g/mol. The molecule has 0 unspecified atom stereocenters. The number of ketones is 2. The van der Waals surface area contributed by atoms with Crippen molar-refractivity contribution in [1.29, 1.82) is 0 Å². The highest BCUT2D eigenvalue weighted by molar-refractivity contribution is 6.00. The summed E-state index contributed by atoms with van der Waals surface area (Å²) in [7, 11) is 0. The number of rotatable bonds is 6. The number of Topliss-reactive ketones (excluding diaryl/α,β-unsaturated/α-hetero) is 2. The first kappa shape index (κ1) is 14.7. The summed E-state index contributed by atoms with van der Waals surface area (Å²) < 4.78 is 0. The quantitative estimate of drug-likeness (QED) is 0.598. The lowest BCUT2D eigenvalue weighted by atomic mass is 10.0. The normalized spacial score (nSPS) is 9.86. The van der Waals surface area contributed by atoms with Gasteiger partial charge in [-0.15, -0.1) is 0 Å². The van der Waals surface area contributed by atoms with Gasteiger partial charge >= 0.3 is 0 Å².